The molecule has 1 heterocycles. The van der Waals surface area contributed by atoms with E-state index in [0.717, 1.165) is 6.42 Å². The lowest BCUT2D eigenvalue weighted by Gasteiger charge is -1.74. The lowest BCUT2D eigenvalue weighted by molar-refractivity contribution is -0.601. The van der Waals surface area contributed by atoms with Gasteiger partial charge in [0.2, 0.25) is 0 Å². The van der Waals surface area contributed by atoms with E-state index in [1.165, 1.54) is 5.56 Å². The first-order valence-electron chi connectivity index (χ1n) is 2.76. The highest BCUT2D eigenvalue weighted by atomic mass is 32.1. The van der Waals surface area contributed by atoms with Gasteiger partial charge in [0.15, 0.2) is 13.2 Å². The van der Waals surface area contributed by atoms with Crippen molar-refractivity contribution in [2.45, 2.75) is 13.3 Å². The lowest BCUT2D eigenvalue weighted by atomic mass is 10.3. The fourth-order valence-electron chi connectivity index (χ4n) is 0.620. The smallest absolute Gasteiger partial charge is 0.143 e. The summed E-state index contributed by atoms with van der Waals surface area (Å²) in [5, 5.41) is 2.18. The van der Waals surface area contributed by atoms with E-state index >= 15 is 0 Å². The van der Waals surface area contributed by atoms with Gasteiger partial charge in [-0.25, -0.2) is 0 Å². The van der Waals surface area contributed by atoms with Crippen molar-refractivity contribution in [3.05, 3.63) is 17.1 Å². The molecule has 0 bridgehead atoms. The Bertz CT molecular complexity index is 169. The van der Waals surface area contributed by atoms with E-state index in [-0.39, 0.29) is 0 Å². The van der Waals surface area contributed by atoms with Gasteiger partial charge in [0.25, 0.3) is 0 Å². The molecule has 2 heteroatoms. The summed E-state index contributed by atoms with van der Waals surface area (Å²) < 4.78 is 2.11. The summed E-state index contributed by atoms with van der Waals surface area (Å²) >= 11 is 1.75. The second kappa shape index (κ2) is 2.27. The van der Waals surface area contributed by atoms with Gasteiger partial charge < -0.3 is 0 Å². The van der Waals surface area contributed by atoms with Gasteiger partial charge in [0, 0.05) is 5.56 Å². The van der Waals surface area contributed by atoms with Crippen LogP contribution in [-0.2, 0) is 13.5 Å². The van der Waals surface area contributed by atoms with Crippen LogP contribution in [0.2, 0.25) is 0 Å². The predicted octanol–water partition coefficient (Wildman–Crippen LogP) is 1.14. The van der Waals surface area contributed by atoms with Crippen LogP contribution in [0.4, 0.5) is 0 Å². The minimum atomic E-state index is 1.15. The van der Waals surface area contributed by atoms with Gasteiger partial charge in [-0.05, 0) is 6.42 Å². The van der Waals surface area contributed by atoms with Crippen LogP contribution in [0.1, 0.15) is 12.5 Å². The zero-order valence-corrected chi connectivity index (χ0v) is 6.03. The second-order valence-corrected chi connectivity index (χ2v) is 2.85. The molecule has 1 rings (SSSR count). The zero-order valence-electron chi connectivity index (χ0n) is 5.22. The Balaban J connectivity index is 2.84. The van der Waals surface area contributed by atoms with Crippen molar-refractivity contribution >= 4 is 11.5 Å². The molecule has 0 saturated carbocycles. The van der Waals surface area contributed by atoms with Crippen molar-refractivity contribution in [1.29, 1.82) is 0 Å². The minimum absolute atomic E-state index is 1.15. The Morgan fingerprint density at radius 3 is 2.75 bits per heavy atom. The van der Waals surface area contributed by atoms with Gasteiger partial charge in [-0.2, -0.15) is 0 Å². The van der Waals surface area contributed by atoms with Crippen molar-refractivity contribution in [3.8, 4) is 0 Å². The first-order valence-corrected chi connectivity index (χ1v) is 3.60. The van der Waals surface area contributed by atoms with Gasteiger partial charge in [-0.1, -0.05) is 6.92 Å². The number of rotatable bonds is 1. The number of aryl methyl sites for hydroxylation is 2. The highest BCUT2D eigenvalue weighted by Crippen LogP contribution is 1.98. The summed E-state index contributed by atoms with van der Waals surface area (Å²) in [7, 11) is 2.06. The third-order valence-electron chi connectivity index (χ3n) is 1.13. The topological polar surface area (TPSA) is 3.88 Å². The van der Waals surface area contributed by atoms with E-state index in [0.29, 0.717) is 0 Å². The summed E-state index contributed by atoms with van der Waals surface area (Å²) in [6.07, 6.45) is 3.31. The van der Waals surface area contributed by atoms with Crippen LogP contribution in [0.15, 0.2) is 11.6 Å². The van der Waals surface area contributed by atoms with Crippen molar-refractivity contribution in [3.63, 3.8) is 0 Å². The zero-order chi connectivity index (χ0) is 5.98. The average molecular weight is 128 g/mol. The predicted molar refractivity (Wildman–Crippen MR) is 34.9 cm³/mol. The fourth-order valence-corrected chi connectivity index (χ4v) is 1.35. The van der Waals surface area contributed by atoms with Crippen LogP contribution in [0, 0.1) is 0 Å². The first kappa shape index (κ1) is 5.76. The molecule has 0 fully saturated rings. The summed E-state index contributed by atoms with van der Waals surface area (Å²) in [6, 6.07) is 0. The van der Waals surface area contributed by atoms with Gasteiger partial charge in [-0.15, -0.1) is 3.96 Å². The highest BCUT2D eigenvalue weighted by molar-refractivity contribution is 6.99. The summed E-state index contributed by atoms with van der Waals surface area (Å²) in [5.41, 5.74) is 1.43. The Hall–Kier alpha value is -0.370. The minimum Gasteiger partial charge on any atom is -0.143 e. The number of aromatic nitrogens is 1. The first-order chi connectivity index (χ1) is 3.83. The molecule has 0 unspecified atom stereocenters. The van der Waals surface area contributed by atoms with Gasteiger partial charge in [-0.3, -0.25) is 0 Å². The number of hydrogen-bond donors (Lipinski definition) is 0. The second-order valence-electron chi connectivity index (χ2n) is 1.83. The molecule has 0 spiro atoms. The van der Waals surface area contributed by atoms with Crippen molar-refractivity contribution in [2.75, 3.05) is 0 Å². The van der Waals surface area contributed by atoms with Crippen LogP contribution in [0.25, 0.3) is 0 Å². The molecule has 0 radical (unpaired) electrons. The molecule has 0 aliphatic carbocycles. The molecule has 0 atom stereocenters. The van der Waals surface area contributed by atoms with E-state index in [1.807, 2.05) is 0 Å². The van der Waals surface area contributed by atoms with E-state index in [1.54, 1.807) is 11.5 Å². The molecule has 8 heavy (non-hydrogen) atoms. The van der Waals surface area contributed by atoms with Crippen molar-refractivity contribution < 1.29 is 3.96 Å². The average Bonchev–Trinajstić information content (AvgIpc) is 2.14. The summed E-state index contributed by atoms with van der Waals surface area (Å²) in [4.78, 5) is 0. The Labute approximate surface area is 53.7 Å². The Morgan fingerprint density at radius 2 is 2.50 bits per heavy atom. The quantitative estimate of drug-likeness (QED) is 0.499. The number of hydrogen-bond acceptors (Lipinski definition) is 1. The van der Waals surface area contributed by atoms with Crippen LogP contribution < -0.4 is 3.96 Å². The van der Waals surface area contributed by atoms with Gasteiger partial charge >= 0.3 is 0 Å². The molecule has 1 nitrogen and oxygen atoms in total. The molecule has 1 aromatic rings. The maximum Gasteiger partial charge on any atom is 0.186 e. The van der Waals surface area contributed by atoms with Crippen LogP contribution in [0.3, 0.4) is 0 Å². The molecule has 0 saturated heterocycles. The lowest BCUT2D eigenvalue weighted by Crippen LogP contribution is -2.19. The van der Waals surface area contributed by atoms with Gasteiger partial charge in [0.05, 0.1) is 5.38 Å². The van der Waals surface area contributed by atoms with Gasteiger partial charge in [0.1, 0.15) is 11.5 Å². The molecular formula is C6H10NS+. The molecular weight excluding hydrogens is 118 g/mol. The largest absolute Gasteiger partial charge is 0.186 e. The van der Waals surface area contributed by atoms with E-state index in [2.05, 4.69) is 29.5 Å². The number of nitrogens with zero attached hydrogens (tertiary/aromatic N) is 1. The van der Waals surface area contributed by atoms with Crippen LogP contribution in [0.5, 0.6) is 0 Å². The van der Waals surface area contributed by atoms with E-state index in [4.69, 9.17) is 0 Å². The summed E-state index contributed by atoms with van der Waals surface area (Å²) in [5.74, 6) is 0. The molecule has 44 valence electrons. The molecule has 0 N–H and O–H groups in total. The summed E-state index contributed by atoms with van der Waals surface area (Å²) in [6.45, 7) is 2.17. The molecule has 0 aromatic carbocycles. The Morgan fingerprint density at radius 1 is 1.75 bits per heavy atom. The third-order valence-corrected chi connectivity index (χ3v) is 1.97. The molecule has 1 aromatic heterocycles. The Kier molecular flexibility index (Phi) is 1.63. The van der Waals surface area contributed by atoms with Crippen LogP contribution in [-0.4, -0.2) is 0 Å². The SMILES string of the molecule is CCc1cs[n+](C)c1. The molecule has 0 aliphatic heterocycles. The standard InChI is InChI=1S/C6H10NS/c1-3-6-4-7(2)8-5-6/h4-5H,3H2,1-2H3/q+1. The van der Waals surface area contributed by atoms with Crippen LogP contribution >= 0.6 is 11.5 Å². The fraction of sp³-hybridized carbons (Fsp3) is 0.500. The highest BCUT2D eigenvalue weighted by Gasteiger charge is 1.97. The van der Waals surface area contributed by atoms with E-state index < -0.39 is 0 Å². The monoisotopic (exact) mass is 128 g/mol. The molecule has 0 aliphatic rings. The van der Waals surface area contributed by atoms with E-state index in [9.17, 15) is 0 Å². The van der Waals surface area contributed by atoms with Crippen molar-refractivity contribution in [1.82, 2.24) is 0 Å². The third kappa shape index (κ3) is 1.07. The normalized spacial score (nSPS) is 9.75. The maximum absolute atomic E-state index is 2.18. The van der Waals surface area contributed by atoms with Crippen molar-refractivity contribution in [2.24, 2.45) is 7.05 Å². The maximum atomic E-state index is 2.18. The molecule has 0 amide bonds.